The van der Waals surface area contributed by atoms with Crippen LogP contribution in [-0.4, -0.2) is 41.0 Å². The highest BCUT2D eigenvalue weighted by molar-refractivity contribution is 5.77. The largest absolute Gasteiger partial charge is 0.353 e. The summed E-state index contributed by atoms with van der Waals surface area (Å²) in [4.78, 5) is 18.1. The Morgan fingerprint density at radius 1 is 1.38 bits per heavy atom. The van der Waals surface area contributed by atoms with Crippen molar-refractivity contribution in [3.05, 3.63) is 30.1 Å². The molecule has 0 spiro atoms. The third-order valence-corrected chi connectivity index (χ3v) is 4.79. The number of piperidine rings is 2. The van der Waals surface area contributed by atoms with Gasteiger partial charge in [0, 0.05) is 50.0 Å². The molecule has 3 heterocycles. The van der Waals surface area contributed by atoms with Crippen LogP contribution in [0.25, 0.3) is 0 Å². The molecule has 114 valence electrons. The van der Waals surface area contributed by atoms with Gasteiger partial charge in [0.15, 0.2) is 0 Å². The van der Waals surface area contributed by atoms with Crippen molar-refractivity contribution in [2.75, 3.05) is 13.1 Å². The first-order chi connectivity index (χ1) is 10.1. The summed E-state index contributed by atoms with van der Waals surface area (Å²) >= 11 is 0. The van der Waals surface area contributed by atoms with E-state index in [9.17, 15) is 4.79 Å². The molecule has 21 heavy (non-hydrogen) atoms. The number of carbonyl (C=O) groups is 1. The standard InChI is InChI=1S/C16H24N4O/c1-11(17)16(12-4-7-18-8-5-12)20-9-6-14-13(10-20)2-3-15(21)19-14/h4-5,7-8,11,13-14,16H,2-3,6,9-10,17H2,1H3,(H,19,21). The molecule has 3 rings (SSSR count). The van der Waals surface area contributed by atoms with Gasteiger partial charge in [-0.3, -0.25) is 14.7 Å². The molecule has 1 aromatic heterocycles. The zero-order valence-electron chi connectivity index (χ0n) is 12.5. The Hall–Kier alpha value is -1.46. The molecule has 4 unspecified atom stereocenters. The smallest absolute Gasteiger partial charge is 0.220 e. The Labute approximate surface area is 125 Å². The highest BCUT2D eigenvalue weighted by Crippen LogP contribution is 2.32. The summed E-state index contributed by atoms with van der Waals surface area (Å²) in [6.45, 7) is 4.06. The molecule has 2 aliphatic rings. The maximum absolute atomic E-state index is 11.5. The van der Waals surface area contributed by atoms with E-state index >= 15 is 0 Å². The van der Waals surface area contributed by atoms with Gasteiger partial charge < -0.3 is 11.1 Å². The lowest BCUT2D eigenvalue weighted by Gasteiger charge is -2.45. The lowest BCUT2D eigenvalue weighted by molar-refractivity contribution is -0.125. The molecule has 0 aliphatic carbocycles. The van der Waals surface area contributed by atoms with E-state index < -0.39 is 0 Å². The molecule has 0 radical (unpaired) electrons. The van der Waals surface area contributed by atoms with Gasteiger partial charge in [-0.2, -0.15) is 0 Å². The minimum atomic E-state index is 0.0714. The number of hydrogen-bond acceptors (Lipinski definition) is 4. The average Bonchev–Trinajstić information content (AvgIpc) is 2.48. The van der Waals surface area contributed by atoms with Crippen LogP contribution in [0.2, 0.25) is 0 Å². The van der Waals surface area contributed by atoms with Gasteiger partial charge in [-0.25, -0.2) is 0 Å². The molecule has 3 N–H and O–H groups in total. The van der Waals surface area contributed by atoms with Gasteiger partial charge in [0.05, 0.1) is 0 Å². The monoisotopic (exact) mass is 288 g/mol. The van der Waals surface area contributed by atoms with Crippen molar-refractivity contribution < 1.29 is 4.79 Å². The number of pyridine rings is 1. The molecule has 5 heteroatoms. The van der Waals surface area contributed by atoms with E-state index in [-0.39, 0.29) is 18.0 Å². The number of hydrogen-bond donors (Lipinski definition) is 2. The zero-order chi connectivity index (χ0) is 14.8. The van der Waals surface area contributed by atoms with E-state index in [1.807, 2.05) is 12.4 Å². The van der Waals surface area contributed by atoms with E-state index in [2.05, 4.69) is 34.3 Å². The van der Waals surface area contributed by atoms with Crippen molar-refractivity contribution in [3.8, 4) is 0 Å². The van der Waals surface area contributed by atoms with Crippen LogP contribution >= 0.6 is 0 Å². The quantitative estimate of drug-likeness (QED) is 0.873. The molecular weight excluding hydrogens is 264 g/mol. The highest BCUT2D eigenvalue weighted by Gasteiger charge is 2.37. The second kappa shape index (κ2) is 6.12. The fourth-order valence-electron chi connectivity index (χ4n) is 3.80. The normalized spacial score (nSPS) is 29.3. The molecule has 0 saturated carbocycles. The maximum atomic E-state index is 11.5. The molecule has 5 nitrogen and oxygen atoms in total. The Balaban J connectivity index is 1.75. The molecule has 2 aliphatic heterocycles. The number of amides is 1. The van der Waals surface area contributed by atoms with Crippen molar-refractivity contribution in [1.82, 2.24) is 15.2 Å². The van der Waals surface area contributed by atoms with Crippen molar-refractivity contribution >= 4 is 5.91 Å². The first-order valence-corrected chi connectivity index (χ1v) is 7.84. The number of aromatic nitrogens is 1. The summed E-state index contributed by atoms with van der Waals surface area (Å²) in [5, 5.41) is 3.14. The fraction of sp³-hybridized carbons (Fsp3) is 0.625. The third kappa shape index (κ3) is 3.09. The Bertz CT molecular complexity index is 490. The van der Waals surface area contributed by atoms with Crippen LogP contribution in [0.5, 0.6) is 0 Å². The molecule has 2 fully saturated rings. The lowest BCUT2D eigenvalue weighted by Crippen LogP contribution is -2.55. The predicted molar refractivity (Wildman–Crippen MR) is 81.5 cm³/mol. The van der Waals surface area contributed by atoms with Gasteiger partial charge in [-0.05, 0) is 43.4 Å². The van der Waals surface area contributed by atoms with E-state index in [1.165, 1.54) is 5.56 Å². The Kier molecular flexibility index (Phi) is 4.22. The fourth-order valence-corrected chi connectivity index (χ4v) is 3.80. The van der Waals surface area contributed by atoms with Gasteiger partial charge in [0.2, 0.25) is 5.91 Å². The summed E-state index contributed by atoms with van der Waals surface area (Å²) in [6.07, 6.45) is 6.34. The van der Waals surface area contributed by atoms with Crippen molar-refractivity contribution in [2.45, 2.75) is 44.3 Å². The number of likely N-dealkylation sites (tertiary alicyclic amines) is 1. The first kappa shape index (κ1) is 14.5. The van der Waals surface area contributed by atoms with Crippen LogP contribution in [-0.2, 0) is 4.79 Å². The van der Waals surface area contributed by atoms with Gasteiger partial charge >= 0.3 is 0 Å². The van der Waals surface area contributed by atoms with Crippen LogP contribution < -0.4 is 11.1 Å². The number of rotatable bonds is 3. The molecule has 1 aromatic rings. The number of nitrogens with zero attached hydrogens (tertiary/aromatic N) is 2. The van der Waals surface area contributed by atoms with Gasteiger partial charge in [-0.1, -0.05) is 0 Å². The van der Waals surface area contributed by atoms with Crippen LogP contribution in [0.4, 0.5) is 0 Å². The van der Waals surface area contributed by atoms with Crippen molar-refractivity contribution in [1.29, 1.82) is 0 Å². The molecule has 0 aromatic carbocycles. The molecule has 4 atom stereocenters. The highest BCUT2D eigenvalue weighted by atomic mass is 16.1. The third-order valence-electron chi connectivity index (χ3n) is 4.79. The maximum Gasteiger partial charge on any atom is 0.220 e. The van der Waals surface area contributed by atoms with E-state index in [4.69, 9.17) is 5.73 Å². The molecule has 0 bridgehead atoms. The van der Waals surface area contributed by atoms with Crippen LogP contribution in [0.1, 0.15) is 37.8 Å². The molecule has 2 saturated heterocycles. The van der Waals surface area contributed by atoms with E-state index in [1.54, 1.807) is 0 Å². The Morgan fingerprint density at radius 2 is 2.14 bits per heavy atom. The summed E-state index contributed by atoms with van der Waals surface area (Å²) in [6, 6.07) is 4.77. The predicted octanol–water partition coefficient (Wildman–Crippen LogP) is 1.07. The van der Waals surface area contributed by atoms with E-state index in [0.717, 1.165) is 25.9 Å². The van der Waals surface area contributed by atoms with Crippen molar-refractivity contribution in [3.63, 3.8) is 0 Å². The molecule has 1 amide bonds. The summed E-state index contributed by atoms with van der Waals surface area (Å²) in [5.41, 5.74) is 7.49. The Morgan fingerprint density at radius 3 is 2.86 bits per heavy atom. The van der Waals surface area contributed by atoms with Crippen molar-refractivity contribution in [2.24, 2.45) is 11.7 Å². The summed E-state index contributed by atoms with van der Waals surface area (Å²) < 4.78 is 0. The average molecular weight is 288 g/mol. The second-order valence-corrected chi connectivity index (χ2v) is 6.34. The van der Waals surface area contributed by atoms with Gasteiger partial charge in [-0.15, -0.1) is 0 Å². The number of carbonyl (C=O) groups excluding carboxylic acids is 1. The summed E-state index contributed by atoms with van der Waals surface area (Å²) in [5.74, 6) is 0.766. The minimum Gasteiger partial charge on any atom is -0.353 e. The van der Waals surface area contributed by atoms with E-state index in [0.29, 0.717) is 18.4 Å². The van der Waals surface area contributed by atoms with Gasteiger partial charge in [0.25, 0.3) is 0 Å². The number of fused-ring (bicyclic) bond motifs is 1. The topological polar surface area (TPSA) is 71.2 Å². The number of nitrogens with one attached hydrogen (secondary N) is 1. The van der Waals surface area contributed by atoms with Crippen LogP contribution in [0.15, 0.2) is 24.5 Å². The SMILES string of the molecule is CC(N)C(c1ccncc1)N1CCC2NC(=O)CCC2C1. The van der Waals surface area contributed by atoms with Crippen LogP contribution in [0, 0.1) is 5.92 Å². The zero-order valence-corrected chi connectivity index (χ0v) is 12.5. The first-order valence-electron chi connectivity index (χ1n) is 7.84. The molecular formula is C16H24N4O. The van der Waals surface area contributed by atoms with Crippen LogP contribution in [0.3, 0.4) is 0 Å². The van der Waals surface area contributed by atoms with Gasteiger partial charge in [0.1, 0.15) is 0 Å². The number of nitrogens with two attached hydrogens (primary N) is 1. The summed E-state index contributed by atoms with van der Waals surface area (Å²) in [7, 11) is 0. The lowest BCUT2D eigenvalue weighted by atomic mass is 9.83. The second-order valence-electron chi connectivity index (χ2n) is 6.34. The minimum absolute atomic E-state index is 0.0714.